The highest BCUT2D eigenvalue weighted by Crippen LogP contribution is 2.32. The number of nitrogens with zero attached hydrogens (tertiary/aromatic N) is 3. The van der Waals surface area contributed by atoms with E-state index in [4.69, 9.17) is 9.47 Å². The van der Waals surface area contributed by atoms with Crippen molar-refractivity contribution in [3.05, 3.63) is 72.2 Å². The van der Waals surface area contributed by atoms with Crippen molar-refractivity contribution in [1.82, 2.24) is 9.88 Å². The molecule has 0 spiro atoms. The van der Waals surface area contributed by atoms with Crippen molar-refractivity contribution < 1.29 is 14.3 Å². The second-order valence-corrected chi connectivity index (χ2v) is 10.6. The zero-order valence-corrected chi connectivity index (χ0v) is 21.5. The molecule has 6 nitrogen and oxygen atoms in total. The molecule has 1 amide bonds. The number of piperidine rings is 1. The summed E-state index contributed by atoms with van der Waals surface area (Å²) < 4.78 is 12.0. The molecule has 0 radical (unpaired) electrons. The molecule has 1 saturated carbocycles. The molecule has 2 aliphatic carbocycles. The average Bonchev–Trinajstić information content (AvgIpc) is 2.95. The number of anilines is 1. The Bertz CT molecular complexity index is 1020. The number of carbonyl (C=O) groups is 1. The lowest BCUT2D eigenvalue weighted by Crippen LogP contribution is -2.50. The van der Waals surface area contributed by atoms with E-state index in [-0.39, 0.29) is 17.9 Å². The van der Waals surface area contributed by atoms with Gasteiger partial charge in [0.1, 0.15) is 24.1 Å². The largest absolute Gasteiger partial charge is 0.462 e. The molecular formula is C30H39N3O3. The minimum absolute atomic E-state index is 0.0719. The molecule has 1 aromatic heterocycles. The van der Waals surface area contributed by atoms with Crippen LogP contribution in [-0.4, -0.2) is 41.5 Å². The van der Waals surface area contributed by atoms with Gasteiger partial charge in [-0.25, -0.2) is 4.98 Å². The minimum atomic E-state index is 0.0719. The molecule has 5 rings (SSSR count). The van der Waals surface area contributed by atoms with E-state index in [0.29, 0.717) is 5.92 Å². The van der Waals surface area contributed by atoms with E-state index in [0.717, 1.165) is 88.3 Å². The van der Waals surface area contributed by atoms with E-state index in [1.165, 1.54) is 12.0 Å². The first kappa shape index (κ1) is 24.8. The number of pyridine rings is 1. The lowest BCUT2D eigenvalue weighted by Gasteiger charge is -2.38. The van der Waals surface area contributed by atoms with E-state index < -0.39 is 0 Å². The van der Waals surface area contributed by atoms with E-state index in [9.17, 15) is 4.79 Å². The second kappa shape index (κ2) is 11.9. The fourth-order valence-corrected chi connectivity index (χ4v) is 5.90. The third-order valence-electron chi connectivity index (χ3n) is 7.98. The molecule has 1 saturated heterocycles. The Morgan fingerprint density at radius 1 is 1.11 bits per heavy atom. The van der Waals surface area contributed by atoms with Gasteiger partial charge in [-0.1, -0.05) is 43.6 Å². The van der Waals surface area contributed by atoms with Crippen molar-refractivity contribution >= 4 is 11.7 Å². The topological polar surface area (TPSA) is 54.9 Å². The third kappa shape index (κ3) is 5.92. The quantitative estimate of drug-likeness (QED) is 0.463. The van der Waals surface area contributed by atoms with Crippen LogP contribution in [0.2, 0.25) is 0 Å². The van der Waals surface area contributed by atoms with Crippen LogP contribution < -0.4 is 4.90 Å². The fraction of sp³-hybridized carbons (Fsp3) is 0.533. The molecule has 0 aromatic carbocycles. The van der Waals surface area contributed by atoms with Crippen LogP contribution in [-0.2, 0) is 14.3 Å². The van der Waals surface area contributed by atoms with E-state index in [1.54, 1.807) is 12.5 Å². The van der Waals surface area contributed by atoms with Crippen molar-refractivity contribution in [2.24, 2.45) is 11.8 Å². The number of hydrogen-bond donors (Lipinski definition) is 0. The van der Waals surface area contributed by atoms with Gasteiger partial charge in [-0.15, -0.1) is 0 Å². The summed E-state index contributed by atoms with van der Waals surface area (Å²) in [5, 5.41) is 0. The van der Waals surface area contributed by atoms with Crippen LogP contribution in [0.5, 0.6) is 0 Å². The number of aromatic nitrogens is 1. The predicted octanol–water partition coefficient (Wildman–Crippen LogP) is 6.10. The molecule has 36 heavy (non-hydrogen) atoms. The van der Waals surface area contributed by atoms with Crippen LogP contribution in [0.15, 0.2) is 72.2 Å². The van der Waals surface area contributed by atoms with Gasteiger partial charge in [-0.05, 0) is 76.2 Å². The highest BCUT2D eigenvalue weighted by molar-refractivity contribution is 5.94. The summed E-state index contributed by atoms with van der Waals surface area (Å²) in [4.78, 5) is 22.6. The number of rotatable bonds is 7. The zero-order chi connectivity index (χ0) is 24.7. The van der Waals surface area contributed by atoms with Crippen LogP contribution in [0.25, 0.3) is 0 Å². The molecule has 192 valence electrons. The molecule has 0 bridgehead atoms. The number of hydrogen-bond acceptors (Lipinski definition) is 5. The predicted molar refractivity (Wildman–Crippen MR) is 142 cm³/mol. The lowest BCUT2D eigenvalue weighted by atomic mass is 9.88. The maximum absolute atomic E-state index is 13.6. The summed E-state index contributed by atoms with van der Waals surface area (Å²) in [6.45, 7) is 4.99. The van der Waals surface area contributed by atoms with Crippen LogP contribution in [0.4, 0.5) is 5.82 Å². The van der Waals surface area contributed by atoms with Crippen LogP contribution >= 0.6 is 0 Å². The van der Waals surface area contributed by atoms with E-state index >= 15 is 0 Å². The average molecular weight is 490 g/mol. The van der Waals surface area contributed by atoms with Gasteiger partial charge in [0.15, 0.2) is 5.76 Å². The normalized spacial score (nSPS) is 22.5. The van der Waals surface area contributed by atoms with Crippen LogP contribution in [0.1, 0.15) is 64.7 Å². The Kier molecular flexibility index (Phi) is 8.22. The zero-order valence-electron chi connectivity index (χ0n) is 21.5. The SMILES string of the molecule is CC(CN1CCC(C2=COC(C3=CC=CCC3)=CO2)CC1)N(C(=O)C1CCCCC1)c1ccccn1. The molecule has 3 heterocycles. The number of ether oxygens (including phenoxy) is 2. The molecular weight excluding hydrogens is 450 g/mol. The highest BCUT2D eigenvalue weighted by Gasteiger charge is 2.33. The van der Waals surface area contributed by atoms with Crippen molar-refractivity contribution in [3.63, 3.8) is 0 Å². The van der Waals surface area contributed by atoms with Crippen molar-refractivity contribution in [2.45, 2.75) is 70.8 Å². The van der Waals surface area contributed by atoms with Gasteiger partial charge < -0.3 is 14.4 Å². The van der Waals surface area contributed by atoms with Gasteiger partial charge in [0.05, 0.1) is 0 Å². The standard InChI is InChI=1S/C30H39N3O3/c1-23(33(29-14-8-9-17-31-29)30(34)26-12-6-3-7-13-26)20-32-18-15-25(16-19-32)28-22-35-27(21-36-28)24-10-4-2-5-11-24/h2,4,8-10,14,17,21-23,25-26H,3,5-7,11-13,15-16,18-20H2,1H3. The summed E-state index contributed by atoms with van der Waals surface area (Å²) in [7, 11) is 0. The van der Waals surface area contributed by atoms with Gasteiger partial charge >= 0.3 is 0 Å². The smallest absolute Gasteiger partial charge is 0.231 e. The Hall–Kier alpha value is -2.86. The summed E-state index contributed by atoms with van der Waals surface area (Å²) in [5.74, 6) is 3.28. The monoisotopic (exact) mass is 489 g/mol. The second-order valence-electron chi connectivity index (χ2n) is 10.6. The number of likely N-dealkylation sites (tertiary alicyclic amines) is 1. The molecule has 4 aliphatic rings. The summed E-state index contributed by atoms with van der Waals surface area (Å²) in [5.41, 5.74) is 1.19. The van der Waals surface area contributed by atoms with Gasteiger partial charge in [0.2, 0.25) is 5.91 Å². The highest BCUT2D eigenvalue weighted by atomic mass is 16.5. The van der Waals surface area contributed by atoms with Gasteiger partial charge in [0.25, 0.3) is 0 Å². The first-order valence-electron chi connectivity index (χ1n) is 13.7. The maximum Gasteiger partial charge on any atom is 0.231 e. The summed E-state index contributed by atoms with van der Waals surface area (Å²) >= 11 is 0. The molecule has 1 unspecified atom stereocenters. The molecule has 6 heteroatoms. The van der Waals surface area contributed by atoms with Crippen LogP contribution in [0.3, 0.4) is 0 Å². The van der Waals surface area contributed by atoms with E-state index in [2.05, 4.69) is 35.0 Å². The van der Waals surface area contributed by atoms with E-state index in [1.807, 2.05) is 29.4 Å². The number of carbonyl (C=O) groups excluding carboxylic acids is 1. The Balaban J connectivity index is 1.16. The molecule has 2 aliphatic heterocycles. The Morgan fingerprint density at radius 3 is 2.61 bits per heavy atom. The lowest BCUT2D eigenvalue weighted by molar-refractivity contribution is -0.123. The van der Waals surface area contributed by atoms with Gasteiger partial charge in [-0.3, -0.25) is 9.69 Å². The molecule has 2 fully saturated rings. The maximum atomic E-state index is 13.6. The molecule has 1 aromatic rings. The molecule has 0 N–H and O–H groups in total. The Labute approximate surface area is 215 Å². The first-order valence-corrected chi connectivity index (χ1v) is 13.7. The van der Waals surface area contributed by atoms with Crippen molar-refractivity contribution in [2.75, 3.05) is 24.5 Å². The molecule has 1 atom stereocenters. The third-order valence-corrected chi connectivity index (χ3v) is 7.98. The van der Waals surface area contributed by atoms with Crippen LogP contribution in [0, 0.1) is 11.8 Å². The fourth-order valence-electron chi connectivity index (χ4n) is 5.90. The summed E-state index contributed by atoms with van der Waals surface area (Å²) in [6.07, 6.45) is 21.4. The number of amides is 1. The van der Waals surface area contributed by atoms with Crippen molar-refractivity contribution in [1.29, 1.82) is 0 Å². The first-order chi connectivity index (χ1) is 17.7. The minimum Gasteiger partial charge on any atom is -0.462 e. The van der Waals surface area contributed by atoms with Gasteiger partial charge in [0, 0.05) is 30.6 Å². The Morgan fingerprint density at radius 2 is 1.94 bits per heavy atom. The number of allylic oxidation sites excluding steroid dienone is 5. The summed E-state index contributed by atoms with van der Waals surface area (Å²) in [6, 6.07) is 5.93. The van der Waals surface area contributed by atoms with Crippen molar-refractivity contribution in [3.8, 4) is 0 Å². The van der Waals surface area contributed by atoms with Gasteiger partial charge in [-0.2, -0.15) is 0 Å².